The Bertz CT molecular complexity index is 921. The molecular weight excluding hydrogens is 319 g/mol. The van der Waals surface area contributed by atoms with Gasteiger partial charge < -0.3 is 11.1 Å². The van der Waals surface area contributed by atoms with Crippen LogP contribution in [0.1, 0.15) is 16.1 Å². The van der Waals surface area contributed by atoms with Gasteiger partial charge in [-0.25, -0.2) is 4.98 Å². The Hall–Kier alpha value is -3.54. The Morgan fingerprint density at radius 1 is 1.08 bits per heavy atom. The summed E-state index contributed by atoms with van der Waals surface area (Å²) in [7, 11) is 0. The molecule has 0 bridgehead atoms. The molecule has 3 N–H and O–H groups in total. The SMILES string of the molecule is C=Cc1ccc(C(=O)Nc2cc(-c3ccc(F)nc3)ccc2N)nc1. The van der Waals surface area contributed by atoms with Crippen molar-refractivity contribution in [3.63, 3.8) is 0 Å². The van der Waals surface area contributed by atoms with Crippen LogP contribution in [0, 0.1) is 5.95 Å². The lowest BCUT2D eigenvalue weighted by Crippen LogP contribution is -2.14. The smallest absolute Gasteiger partial charge is 0.274 e. The average molecular weight is 334 g/mol. The summed E-state index contributed by atoms with van der Waals surface area (Å²) in [5.41, 5.74) is 9.35. The average Bonchev–Trinajstić information content (AvgIpc) is 2.64. The zero-order chi connectivity index (χ0) is 17.8. The van der Waals surface area contributed by atoms with Gasteiger partial charge in [0.1, 0.15) is 5.69 Å². The molecule has 25 heavy (non-hydrogen) atoms. The molecule has 1 aromatic carbocycles. The predicted molar refractivity (Wildman–Crippen MR) is 96.3 cm³/mol. The van der Waals surface area contributed by atoms with E-state index < -0.39 is 5.95 Å². The lowest BCUT2D eigenvalue weighted by atomic mass is 10.1. The molecule has 0 spiro atoms. The van der Waals surface area contributed by atoms with Gasteiger partial charge in [-0.15, -0.1) is 0 Å². The highest BCUT2D eigenvalue weighted by molar-refractivity contribution is 6.04. The topological polar surface area (TPSA) is 80.9 Å². The Balaban J connectivity index is 1.86. The number of benzene rings is 1. The van der Waals surface area contributed by atoms with Gasteiger partial charge in [0.2, 0.25) is 5.95 Å². The third kappa shape index (κ3) is 3.69. The predicted octanol–water partition coefficient (Wildman–Crippen LogP) is 3.76. The summed E-state index contributed by atoms with van der Waals surface area (Å²) in [5.74, 6) is -0.932. The van der Waals surface area contributed by atoms with Crippen LogP contribution >= 0.6 is 0 Å². The van der Waals surface area contributed by atoms with Gasteiger partial charge in [-0.3, -0.25) is 9.78 Å². The second-order valence-electron chi connectivity index (χ2n) is 5.31. The van der Waals surface area contributed by atoms with Crippen molar-refractivity contribution in [3.8, 4) is 11.1 Å². The van der Waals surface area contributed by atoms with E-state index in [2.05, 4.69) is 21.9 Å². The third-order valence-corrected chi connectivity index (χ3v) is 3.62. The van der Waals surface area contributed by atoms with Gasteiger partial charge in [0.05, 0.1) is 11.4 Å². The molecule has 0 saturated heterocycles. The molecule has 124 valence electrons. The maximum atomic E-state index is 13.0. The molecule has 5 nitrogen and oxygen atoms in total. The Kier molecular flexibility index (Phi) is 4.52. The first kappa shape index (κ1) is 16.3. The van der Waals surface area contributed by atoms with Crippen molar-refractivity contribution in [3.05, 3.63) is 78.6 Å². The number of aromatic nitrogens is 2. The van der Waals surface area contributed by atoms with Crippen molar-refractivity contribution >= 4 is 23.4 Å². The van der Waals surface area contributed by atoms with Gasteiger partial charge in [0.25, 0.3) is 5.91 Å². The molecule has 0 radical (unpaired) electrons. The summed E-state index contributed by atoms with van der Waals surface area (Å²) in [6.45, 7) is 3.64. The Morgan fingerprint density at radius 2 is 1.88 bits per heavy atom. The number of nitrogens with two attached hydrogens (primary N) is 1. The van der Waals surface area contributed by atoms with Crippen LogP contribution < -0.4 is 11.1 Å². The van der Waals surface area contributed by atoms with Crippen molar-refractivity contribution < 1.29 is 9.18 Å². The van der Waals surface area contributed by atoms with Crippen molar-refractivity contribution in [2.45, 2.75) is 0 Å². The highest BCUT2D eigenvalue weighted by Gasteiger charge is 2.11. The van der Waals surface area contributed by atoms with Gasteiger partial charge in [0, 0.05) is 18.0 Å². The van der Waals surface area contributed by atoms with Crippen LogP contribution in [0.25, 0.3) is 17.2 Å². The van der Waals surface area contributed by atoms with Crippen molar-refractivity contribution in [2.24, 2.45) is 0 Å². The largest absolute Gasteiger partial charge is 0.397 e. The third-order valence-electron chi connectivity index (χ3n) is 3.62. The quantitative estimate of drug-likeness (QED) is 0.562. The van der Waals surface area contributed by atoms with Crippen molar-refractivity contribution in [1.29, 1.82) is 0 Å². The monoisotopic (exact) mass is 334 g/mol. The van der Waals surface area contributed by atoms with Crippen molar-refractivity contribution in [2.75, 3.05) is 11.1 Å². The number of carbonyl (C=O) groups is 1. The number of hydrogen-bond donors (Lipinski definition) is 2. The fourth-order valence-electron chi connectivity index (χ4n) is 2.24. The number of pyridine rings is 2. The zero-order valence-electron chi connectivity index (χ0n) is 13.2. The lowest BCUT2D eigenvalue weighted by Gasteiger charge is -2.10. The summed E-state index contributed by atoms with van der Waals surface area (Å²) in [4.78, 5) is 20.1. The minimum atomic E-state index is -0.554. The second-order valence-corrected chi connectivity index (χ2v) is 5.31. The van der Waals surface area contributed by atoms with Gasteiger partial charge in [-0.1, -0.05) is 24.8 Å². The maximum Gasteiger partial charge on any atom is 0.274 e. The molecule has 0 aliphatic heterocycles. The van der Waals surface area contributed by atoms with E-state index in [1.165, 1.54) is 12.3 Å². The van der Waals surface area contributed by atoms with E-state index in [9.17, 15) is 9.18 Å². The summed E-state index contributed by atoms with van der Waals surface area (Å²) in [5, 5.41) is 2.74. The Morgan fingerprint density at radius 3 is 2.52 bits per heavy atom. The molecule has 0 aliphatic rings. The van der Waals surface area contributed by atoms with Crippen molar-refractivity contribution in [1.82, 2.24) is 9.97 Å². The molecule has 0 unspecified atom stereocenters. The minimum Gasteiger partial charge on any atom is -0.397 e. The molecule has 3 rings (SSSR count). The molecule has 2 aromatic heterocycles. The number of anilines is 2. The first-order valence-electron chi connectivity index (χ1n) is 7.48. The first-order valence-corrected chi connectivity index (χ1v) is 7.48. The number of rotatable bonds is 4. The molecule has 3 aromatic rings. The van der Waals surface area contributed by atoms with Crippen LogP contribution in [-0.4, -0.2) is 15.9 Å². The van der Waals surface area contributed by atoms with Crippen LogP contribution in [0.4, 0.5) is 15.8 Å². The molecule has 0 saturated carbocycles. The van der Waals surface area contributed by atoms with Gasteiger partial charge in [0.15, 0.2) is 0 Å². The highest BCUT2D eigenvalue weighted by Crippen LogP contribution is 2.27. The lowest BCUT2D eigenvalue weighted by molar-refractivity contribution is 0.102. The van der Waals surface area contributed by atoms with Crippen LogP contribution in [-0.2, 0) is 0 Å². The second kappa shape index (κ2) is 6.92. The molecule has 1 amide bonds. The number of nitrogens with zero attached hydrogens (tertiary/aromatic N) is 2. The number of nitrogens with one attached hydrogen (secondary N) is 1. The van der Waals surface area contributed by atoms with E-state index in [1.807, 2.05) is 0 Å². The van der Waals surface area contributed by atoms with Gasteiger partial charge >= 0.3 is 0 Å². The summed E-state index contributed by atoms with van der Waals surface area (Å²) in [6, 6.07) is 11.4. The minimum absolute atomic E-state index is 0.263. The summed E-state index contributed by atoms with van der Waals surface area (Å²) < 4.78 is 13.0. The Labute approximate surface area is 144 Å². The molecular formula is C19H15FN4O. The van der Waals surface area contributed by atoms with Crippen LogP contribution in [0.2, 0.25) is 0 Å². The molecule has 2 heterocycles. The fourth-order valence-corrected chi connectivity index (χ4v) is 2.24. The normalized spacial score (nSPS) is 10.3. The number of nitrogen functional groups attached to an aromatic ring is 1. The van der Waals surface area contributed by atoms with Crippen LogP contribution in [0.5, 0.6) is 0 Å². The standard InChI is InChI=1S/C19H15FN4O/c1-2-12-3-7-16(22-10-12)19(25)24-17-9-13(4-6-15(17)21)14-5-8-18(20)23-11-14/h2-11H,1,21H2,(H,24,25). The highest BCUT2D eigenvalue weighted by atomic mass is 19.1. The van der Waals surface area contributed by atoms with Crippen LogP contribution in [0.3, 0.4) is 0 Å². The number of amides is 1. The molecule has 0 atom stereocenters. The van der Waals surface area contributed by atoms with E-state index >= 15 is 0 Å². The summed E-state index contributed by atoms with van der Waals surface area (Å²) >= 11 is 0. The zero-order valence-corrected chi connectivity index (χ0v) is 13.2. The first-order chi connectivity index (χ1) is 12.1. The van der Waals surface area contributed by atoms with Crippen LogP contribution in [0.15, 0.2) is 61.4 Å². The maximum absolute atomic E-state index is 13.0. The van der Waals surface area contributed by atoms with Gasteiger partial charge in [-0.2, -0.15) is 4.39 Å². The van der Waals surface area contributed by atoms with E-state index in [1.54, 1.807) is 48.7 Å². The molecule has 6 heteroatoms. The molecule has 0 aliphatic carbocycles. The van der Waals surface area contributed by atoms with E-state index in [-0.39, 0.29) is 11.6 Å². The number of carbonyl (C=O) groups excluding carboxylic acids is 1. The fraction of sp³-hybridized carbons (Fsp3) is 0. The van der Waals surface area contributed by atoms with E-state index in [0.29, 0.717) is 16.9 Å². The van der Waals surface area contributed by atoms with E-state index in [4.69, 9.17) is 5.73 Å². The van der Waals surface area contributed by atoms with Gasteiger partial charge in [-0.05, 0) is 41.5 Å². The number of hydrogen-bond acceptors (Lipinski definition) is 4. The summed E-state index contributed by atoms with van der Waals surface area (Å²) in [6.07, 6.45) is 4.63. The van der Waals surface area contributed by atoms with E-state index in [0.717, 1.165) is 11.1 Å². The molecule has 0 fully saturated rings. The number of halogens is 1.